The van der Waals surface area contributed by atoms with Gasteiger partial charge in [0.1, 0.15) is 6.10 Å². The average molecular weight is 497 g/mol. The Morgan fingerprint density at radius 3 is 2.18 bits per heavy atom. The van der Waals surface area contributed by atoms with Crippen molar-refractivity contribution in [1.82, 2.24) is 0 Å². The standard InChI is InChI=1S/C27H52O4Si2/c1-12-13-14-15-20(30-32(8,9)26(2,3)4)16-17-21-22-18-25(28)29-23(22)19-24(21)31-33(10,11)27(5,6)7/h16-17,20-24H,12-15,18-19H2,1-11H3/b17-16+/t20-,21+,22+,23-,24+/m0/s1. The lowest BCUT2D eigenvalue weighted by molar-refractivity contribution is -0.141. The zero-order valence-corrected chi connectivity index (χ0v) is 25.4. The van der Waals surface area contributed by atoms with Crippen molar-refractivity contribution in [2.45, 2.75) is 142 Å². The molecule has 0 bridgehead atoms. The maximum Gasteiger partial charge on any atom is 0.306 e. The van der Waals surface area contributed by atoms with Crippen LogP contribution < -0.4 is 0 Å². The third kappa shape index (κ3) is 7.28. The fraction of sp³-hybridized carbons (Fsp3) is 0.889. The topological polar surface area (TPSA) is 44.8 Å². The number of carbonyl (C=O) groups is 1. The summed E-state index contributed by atoms with van der Waals surface area (Å²) in [6, 6.07) is 0. The number of carbonyl (C=O) groups excluding carboxylic acids is 1. The zero-order valence-electron chi connectivity index (χ0n) is 23.4. The molecule has 33 heavy (non-hydrogen) atoms. The Morgan fingerprint density at radius 2 is 1.64 bits per heavy atom. The summed E-state index contributed by atoms with van der Waals surface area (Å²) in [4.78, 5) is 12.1. The van der Waals surface area contributed by atoms with Gasteiger partial charge in [-0.2, -0.15) is 0 Å². The summed E-state index contributed by atoms with van der Waals surface area (Å²) in [5.74, 6) is 0.395. The number of fused-ring (bicyclic) bond motifs is 1. The second-order valence-corrected chi connectivity index (χ2v) is 22.9. The number of ether oxygens (including phenoxy) is 1. The molecule has 0 unspecified atom stereocenters. The molecule has 0 spiro atoms. The zero-order chi connectivity index (χ0) is 25.2. The highest BCUT2D eigenvalue weighted by atomic mass is 28.4. The van der Waals surface area contributed by atoms with E-state index in [1.165, 1.54) is 19.3 Å². The first-order chi connectivity index (χ1) is 15.0. The van der Waals surface area contributed by atoms with Gasteiger partial charge >= 0.3 is 5.97 Å². The van der Waals surface area contributed by atoms with Crippen molar-refractivity contribution in [1.29, 1.82) is 0 Å². The molecule has 192 valence electrons. The van der Waals surface area contributed by atoms with E-state index in [-0.39, 0.29) is 46.2 Å². The Hall–Kier alpha value is -0.436. The van der Waals surface area contributed by atoms with Crippen LogP contribution in [0.5, 0.6) is 0 Å². The van der Waals surface area contributed by atoms with Gasteiger partial charge in [0.25, 0.3) is 0 Å². The summed E-state index contributed by atoms with van der Waals surface area (Å²) in [5, 5.41) is 0.339. The summed E-state index contributed by atoms with van der Waals surface area (Å²) in [5.41, 5.74) is 0. The van der Waals surface area contributed by atoms with Crippen LogP contribution in [-0.4, -0.2) is 40.9 Å². The van der Waals surface area contributed by atoms with Crippen molar-refractivity contribution < 1.29 is 18.4 Å². The van der Waals surface area contributed by atoms with Gasteiger partial charge in [-0.1, -0.05) is 79.9 Å². The summed E-state index contributed by atoms with van der Waals surface area (Å²) >= 11 is 0. The Kier molecular flexibility index (Phi) is 9.31. The first-order valence-electron chi connectivity index (χ1n) is 13.2. The third-order valence-corrected chi connectivity index (χ3v) is 17.7. The lowest BCUT2D eigenvalue weighted by Crippen LogP contribution is -2.45. The molecule has 0 amide bonds. The minimum Gasteiger partial charge on any atom is -0.462 e. The van der Waals surface area contributed by atoms with Crippen molar-refractivity contribution in [2.75, 3.05) is 0 Å². The van der Waals surface area contributed by atoms with Gasteiger partial charge in [-0.25, -0.2) is 0 Å². The lowest BCUT2D eigenvalue weighted by atomic mass is 9.91. The molecule has 0 aromatic rings. The molecule has 6 heteroatoms. The fourth-order valence-electron chi connectivity index (χ4n) is 4.44. The molecule has 2 fully saturated rings. The summed E-state index contributed by atoms with van der Waals surface area (Å²) in [6.45, 7) is 25.3. The maximum absolute atomic E-state index is 12.1. The predicted octanol–water partition coefficient (Wildman–Crippen LogP) is 7.86. The fourth-order valence-corrected chi connectivity index (χ4v) is 7.11. The lowest BCUT2D eigenvalue weighted by Gasteiger charge is -2.40. The number of rotatable bonds is 10. The van der Waals surface area contributed by atoms with Crippen LogP contribution in [0.1, 0.15) is 87.0 Å². The van der Waals surface area contributed by atoms with E-state index in [9.17, 15) is 4.79 Å². The number of hydrogen-bond donors (Lipinski definition) is 0. The number of hydrogen-bond acceptors (Lipinski definition) is 4. The van der Waals surface area contributed by atoms with Crippen LogP contribution in [0.2, 0.25) is 36.3 Å². The molecule has 1 saturated heterocycles. The van der Waals surface area contributed by atoms with Crippen LogP contribution in [0, 0.1) is 11.8 Å². The largest absolute Gasteiger partial charge is 0.462 e. The molecular weight excluding hydrogens is 444 g/mol. The van der Waals surface area contributed by atoms with Crippen molar-refractivity contribution in [2.24, 2.45) is 11.8 Å². The van der Waals surface area contributed by atoms with E-state index < -0.39 is 16.6 Å². The van der Waals surface area contributed by atoms with Gasteiger partial charge in [0.2, 0.25) is 0 Å². The number of esters is 1. The number of unbranched alkanes of at least 4 members (excludes halogenated alkanes) is 2. The van der Waals surface area contributed by atoms with Gasteiger partial charge in [0, 0.05) is 18.3 Å². The molecule has 0 N–H and O–H groups in total. The highest BCUT2D eigenvalue weighted by molar-refractivity contribution is 6.74. The second kappa shape index (κ2) is 10.7. The Morgan fingerprint density at radius 1 is 1.03 bits per heavy atom. The Bertz CT molecular complexity index is 687. The van der Waals surface area contributed by atoms with E-state index in [0.29, 0.717) is 6.42 Å². The van der Waals surface area contributed by atoms with Crippen LogP contribution in [0.25, 0.3) is 0 Å². The van der Waals surface area contributed by atoms with Gasteiger partial charge in [0.15, 0.2) is 16.6 Å². The SMILES string of the molecule is CCCCC[C@@H](/C=C/[C@@H]1[C@H]2CC(=O)O[C@H]2C[C@H]1O[Si](C)(C)C(C)(C)C)O[Si](C)(C)C(C)(C)C. The monoisotopic (exact) mass is 496 g/mol. The van der Waals surface area contributed by atoms with Crippen LogP contribution >= 0.6 is 0 Å². The molecule has 5 atom stereocenters. The minimum absolute atomic E-state index is 0.00164. The molecule has 0 aromatic carbocycles. The normalized spacial score (nSPS) is 27.8. The average Bonchev–Trinajstić information content (AvgIpc) is 3.12. The highest BCUT2D eigenvalue weighted by Crippen LogP contribution is 2.47. The smallest absolute Gasteiger partial charge is 0.306 e. The van der Waals surface area contributed by atoms with Gasteiger partial charge in [-0.05, 0) is 42.7 Å². The van der Waals surface area contributed by atoms with Crippen LogP contribution in [0.4, 0.5) is 0 Å². The molecule has 1 saturated carbocycles. The quantitative estimate of drug-likeness (QED) is 0.134. The van der Waals surface area contributed by atoms with Gasteiger partial charge in [-0.15, -0.1) is 0 Å². The Balaban J connectivity index is 2.26. The maximum atomic E-state index is 12.1. The first-order valence-corrected chi connectivity index (χ1v) is 19.0. The van der Waals surface area contributed by atoms with E-state index in [1.54, 1.807) is 0 Å². The van der Waals surface area contributed by atoms with E-state index in [1.807, 2.05) is 0 Å². The molecular formula is C27H52O4Si2. The van der Waals surface area contributed by atoms with E-state index in [0.717, 1.165) is 12.8 Å². The molecule has 1 aliphatic carbocycles. The molecule has 0 aromatic heterocycles. The molecule has 1 heterocycles. The molecule has 4 nitrogen and oxygen atoms in total. The summed E-state index contributed by atoms with van der Waals surface area (Å²) in [7, 11) is -3.80. The first kappa shape index (κ1) is 28.8. The van der Waals surface area contributed by atoms with Crippen molar-refractivity contribution in [3.8, 4) is 0 Å². The van der Waals surface area contributed by atoms with Gasteiger partial charge < -0.3 is 13.6 Å². The highest BCUT2D eigenvalue weighted by Gasteiger charge is 2.52. The van der Waals surface area contributed by atoms with Crippen molar-refractivity contribution in [3.63, 3.8) is 0 Å². The predicted molar refractivity (Wildman–Crippen MR) is 144 cm³/mol. The summed E-state index contributed by atoms with van der Waals surface area (Å²) in [6.07, 6.45) is 10.9. The molecule has 2 rings (SSSR count). The van der Waals surface area contributed by atoms with E-state index in [2.05, 4.69) is 86.8 Å². The molecule has 1 aliphatic heterocycles. The third-order valence-electron chi connectivity index (χ3n) is 8.70. The summed E-state index contributed by atoms with van der Waals surface area (Å²) < 4.78 is 19.4. The van der Waals surface area contributed by atoms with Crippen LogP contribution in [0.15, 0.2) is 12.2 Å². The van der Waals surface area contributed by atoms with Crippen molar-refractivity contribution in [3.05, 3.63) is 12.2 Å². The molecule has 2 aliphatic rings. The molecule has 0 radical (unpaired) electrons. The van der Waals surface area contributed by atoms with Crippen LogP contribution in [-0.2, 0) is 18.4 Å². The van der Waals surface area contributed by atoms with Crippen molar-refractivity contribution >= 4 is 22.6 Å². The van der Waals surface area contributed by atoms with Gasteiger partial charge in [-0.3, -0.25) is 4.79 Å². The van der Waals surface area contributed by atoms with Gasteiger partial charge in [0.05, 0.1) is 18.6 Å². The minimum atomic E-state index is -1.92. The van der Waals surface area contributed by atoms with Crippen LogP contribution in [0.3, 0.4) is 0 Å². The Labute approximate surface area is 206 Å². The van der Waals surface area contributed by atoms with E-state index >= 15 is 0 Å². The van der Waals surface area contributed by atoms with E-state index in [4.69, 9.17) is 13.6 Å². The second-order valence-electron chi connectivity index (χ2n) is 13.4.